The van der Waals surface area contributed by atoms with Gasteiger partial charge in [-0.25, -0.2) is 19.7 Å². The average Bonchev–Trinajstić information content (AvgIpc) is 2.70. The molecule has 27 heavy (non-hydrogen) atoms. The predicted molar refractivity (Wildman–Crippen MR) is 106 cm³/mol. The lowest BCUT2D eigenvalue weighted by Gasteiger charge is -2.35. The molecule has 1 fully saturated rings. The Kier molecular flexibility index (Phi) is 4.58. The summed E-state index contributed by atoms with van der Waals surface area (Å²) in [6.07, 6.45) is 1.79. The van der Waals surface area contributed by atoms with Gasteiger partial charge in [-0.1, -0.05) is 6.07 Å². The van der Waals surface area contributed by atoms with Gasteiger partial charge in [0.2, 0.25) is 0 Å². The number of hydrogen-bond donors (Lipinski definition) is 1. The van der Waals surface area contributed by atoms with Crippen LogP contribution in [0.25, 0.3) is 11.0 Å². The number of carbonyl (C=O) groups is 1. The molecule has 0 unspecified atom stereocenters. The fourth-order valence-electron chi connectivity index (χ4n) is 3.19. The maximum Gasteiger partial charge on any atom is 0.321 e. The Morgan fingerprint density at radius 1 is 0.963 bits per heavy atom. The minimum Gasteiger partial charge on any atom is -0.353 e. The molecule has 1 aromatic carbocycles. The number of pyridine rings is 1. The number of amides is 2. The van der Waals surface area contributed by atoms with E-state index >= 15 is 0 Å². The van der Waals surface area contributed by atoms with Gasteiger partial charge in [0.25, 0.3) is 0 Å². The van der Waals surface area contributed by atoms with E-state index in [4.69, 9.17) is 0 Å². The minimum atomic E-state index is -0.0909. The number of urea groups is 1. The highest BCUT2D eigenvalue weighted by Crippen LogP contribution is 2.19. The van der Waals surface area contributed by atoms with Crippen LogP contribution in [0.4, 0.5) is 16.3 Å². The zero-order valence-corrected chi connectivity index (χ0v) is 15.5. The third-order valence-electron chi connectivity index (χ3n) is 4.87. The smallest absolute Gasteiger partial charge is 0.321 e. The highest BCUT2D eigenvalue weighted by atomic mass is 16.2. The van der Waals surface area contributed by atoms with E-state index in [2.05, 4.69) is 25.2 Å². The Hall–Kier alpha value is -3.22. The second-order valence-corrected chi connectivity index (χ2v) is 6.69. The van der Waals surface area contributed by atoms with Crippen molar-refractivity contribution in [2.45, 2.75) is 13.8 Å². The van der Waals surface area contributed by atoms with Crippen LogP contribution in [0.5, 0.6) is 0 Å². The first kappa shape index (κ1) is 17.2. The lowest BCUT2D eigenvalue weighted by Crippen LogP contribution is -2.50. The third-order valence-corrected chi connectivity index (χ3v) is 4.87. The van der Waals surface area contributed by atoms with Crippen LogP contribution in [0.15, 0.2) is 42.6 Å². The molecule has 0 saturated carbocycles. The Morgan fingerprint density at radius 3 is 2.41 bits per heavy atom. The molecule has 0 aliphatic carbocycles. The van der Waals surface area contributed by atoms with Crippen molar-refractivity contribution in [3.8, 4) is 0 Å². The molecule has 0 spiro atoms. The molecule has 1 saturated heterocycles. The average molecular weight is 362 g/mol. The number of benzene rings is 1. The molecule has 1 aliphatic rings. The zero-order chi connectivity index (χ0) is 18.8. The number of piperazine rings is 1. The number of anilines is 2. The second kappa shape index (κ2) is 7.19. The van der Waals surface area contributed by atoms with E-state index in [1.54, 1.807) is 6.20 Å². The number of hydrogen-bond acceptors (Lipinski definition) is 5. The molecule has 1 aliphatic heterocycles. The van der Waals surface area contributed by atoms with Gasteiger partial charge in [-0.05, 0) is 44.2 Å². The van der Waals surface area contributed by atoms with Crippen molar-refractivity contribution in [1.29, 1.82) is 0 Å². The molecule has 2 aromatic heterocycles. The van der Waals surface area contributed by atoms with Crippen molar-refractivity contribution in [3.05, 3.63) is 54.0 Å². The van der Waals surface area contributed by atoms with Crippen LogP contribution in [0.1, 0.15) is 11.4 Å². The summed E-state index contributed by atoms with van der Waals surface area (Å²) in [6.45, 7) is 6.75. The highest BCUT2D eigenvalue weighted by molar-refractivity contribution is 5.92. The van der Waals surface area contributed by atoms with Gasteiger partial charge in [-0.15, -0.1) is 0 Å². The molecule has 138 valence electrons. The molecule has 0 bridgehead atoms. The van der Waals surface area contributed by atoms with Crippen LogP contribution < -0.4 is 10.2 Å². The van der Waals surface area contributed by atoms with Gasteiger partial charge in [-0.2, -0.15) is 0 Å². The maximum atomic E-state index is 12.6. The number of nitrogens with one attached hydrogen (secondary N) is 1. The molecule has 0 radical (unpaired) electrons. The molecular weight excluding hydrogens is 340 g/mol. The Labute approximate surface area is 158 Å². The summed E-state index contributed by atoms with van der Waals surface area (Å²) in [5, 5.41) is 2.98. The summed E-state index contributed by atoms with van der Waals surface area (Å²) >= 11 is 0. The van der Waals surface area contributed by atoms with Crippen molar-refractivity contribution in [3.63, 3.8) is 0 Å². The van der Waals surface area contributed by atoms with Crippen LogP contribution in [0.3, 0.4) is 0 Å². The second-order valence-electron chi connectivity index (χ2n) is 6.69. The van der Waals surface area contributed by atoms with Gasteiger partial charge >= 0.3 is 6.03 Å². The van der Waals surface area contributed by atoms with Crippen LogP contribution in [-0.2, 0) is 0 Å². The lowest BCUT2D eigenvalue weighted by molar-refractivity contribution is 0.208. The summed E-state index contributed by atoms with van der Waals surface area (Å²) in [5.41, 5.74) is 4.18. The summed E-state index contributed by atoms with van der Waals surface area (Å²) in [4.78, 5) is 30.1. The molecule has 3 aromatic rings. The van der Waals surface area contributed by atoms with E-state index in [0.717, 1.165) is 47.0 Å². The number of fused-ring (bicyclic) bond motifs is 1. The first-order chi connectivity index (χ1) is 13.1. The van der Waals surface area contributed by atoms with Crippen molar-refractivity contribution >= 4 is 28.6 Å². The van der Waals surface area contributed by atoms with E-state index in [9.17, 15) is 4.79 Å². The van der Waals surface area contributed by atoms with E-state index < -0.39 is 0 Å². The number of carbonyl (C=O) groups excluding carboxylic acids is 1. The molecule has 1 N–H and O–H groups in total. The summed E-state index contributed by atoms with van der Waals surface area (Å²) in [5.74, 6) is 0.955. The van der Waals surface area contributed by atoms with E-state index in [1.807, 2.05) is 55.1 Å². The van der Waals surface area contributed by atoms with Gasteiger partial charge in [0.1, 0.15) is 5.82 Å². The first-order valence-electron chi connectivity index (χ1n) is 9.07. The summed E-state index contributed by atoms with van der Waals surface area (Å²) in [6, 6.07) is 11.4. The number of nitrogens with zero attached hydrogens (tertiary/aromatic N) is 5. The van der Waals surface area contributed by atoms with Crippen molar-refractivity contribution in [1.82, 2.24) is 19.9 Å². The van der Waals surface area contributed by atoms with Gasteiger partial charge in [0.05, 0.1) is 22.4 Å². The number of aromatic nitrogens is 3. The normalized spacial score (nSPS) is 14.4. The molecule has 4 rings (SSSR count). The largest absolute Gasteiger partial charge is 0.353 e. The fourth-order valence-corrected chi connectivity index (χ4v) is 3.19. The van der Waals surface area contributed by atoms with Gasteiger partial charge in [0.15, 0.2) is 0 Å². The molecular formula is C20H22N6O. The lowest BCUT2D eigenvalue weighted by atomic mass is 10.2. The van der Waals surface area contributed by atoms with E-state index in [1.165, 1.54) is 0 Å². The van der Waals surface area contributed by atoms with Crippen LogP contribution in [-0.4, -0.2) is 52.1 Å². The topological polar surface area (TPSA) is 74.2 Å². The van der Waals surface area contributed by atoms with E-state index in [0.29, 0.717) is 13.1 Å². The molecule has 7 heteroatoms. The summed E-state index contributed by atoms with van der Waals surface area (Å²) in [7, 11) is 0. The van der Waals surface area contributed by atoms with Crippen molar-refractivity contribution in [2.75, 3.05) is 36.4 Å². The summed E-state index contributed by atoms with van der Waals surface area (Å²) < 4.78 is 0. The van der Waals surface area contributed by atoms with Crippen LogP contribution >= 0.6 is 0 Å². The Balaban J connectivity index is 1.41. The molecule has 2 amide bonds. The monoisotopic (exact) mass is 362 g/mol. The Bertz CT molecular complexity index is 967. The fraction of sp³-hybridized carbons (Fsp3) is 0.300. The minimum absolute atomic E-state index is 0.0909. The van der Waals surface area contributed by atoms with Crippen LogP contribution in [0.2, 0.25) is 0 Å². The van der Waals surface area contributed by atoms with Crippen molar-refractivity contribution < 1.29 is 4.79 Å². The van der Waals surface area contributed by atoms with Gasteiger partial charge in [-0.3, -0.25) is 0 Å². The highest BCUT2D eigenvalue weighted by Gasteiger charge is 2.21. The number of rotatable bonds is 2. The van der Waals surface area contributed by atoms with Crippen molar-refractivity contribution in [2.24, 2.45) is 0 Å². The third kappa shape index (κ3) is 3.67. The van der Waals surface area contributed by atoms with Gasteiger partial charge in [0, 0.05) is 38.1 Å². The Morgan fingerprint density at radius 2 is 1.70 bits per heavy atom. The molecule has 7 nitrogen and oxygen atoms in total. The zero-order valence-electron chi connectivity index (χ0n) is 15.5. The predicted octanol–water partition coefficient (Wildman–Crippen LogP) is 3.00. The SMILES string of the molecule is Cc1nc2ccc(NC(=O)N3CCN(c4ccccn4)CC3)cc2nc1C. The van der Waals surface area contributed by atoms with Gasteiger partial charge < -0.3 is 15.1 Å². The molecule has 0 atom stereocenters. The van der Waals surface area contributed by atoms with Crippen LogP contribution in [0, 0.1) is 13.8 Å². The standard InChI is InChI=1S/C20H22N6O/c1-14-15(2)23-18-13-16(6-7-17(18)22-14)24-20(27)26-11-9-25(10-12-26)19-5-3-4-8-21-19/h3-8,13H,9-12H2,1-2H3,(H,24,27). The molecule has 3 heterocycles. The quantitative estimate of drug-likeness (QED) is 0.759. The number of aryl methyl sites for hydroxylation is 2. The first-order valence-corrected chi connectivity index (χ1v) is 9.07. The maximum absolute atomic E-state index is 12.6. The van der Waals surface area contributed by atoms with E-state index in [-0.39, 0.29) is 6.03 Å².